The maximum absolute atomic E-state index is 12.4. The van der Waals surface area contributed by atoms with Gasteiger partial charge in [-0.3, -0.25) is 0 Å². The summed E-state index contributed by atoms with van der Waals surface area (Å²) in [5, 5.41) is 14.7. The number of hydrogen-bond donors (Lipinski definition) is 2. The number of nitrogens with one attached hydrogen (secondary N) is 1. The third-order valence-corrected chi connectivity index (χ3v) is 6.90. The Morgan fingerprint density at radius 1 is 1.14 bits per heavy atom. The maximum Gasteiger partial charge on any atom is 0.407 e. The second-order valence-corrected chi connectivity index (χ2v) is 11.8. The van der Waals surface area contributed by atoms with Crippen LogP contribution in [0.3, 0.4) is 0 Å². The molecule has 0 aromatic heterocycles. The molecule has 0 aromatic carbocycles. The SMILES string of the molecule is CC(C)SC[C@@H](C[C@H](O)[C@H](CC1CCCCC1)NC(=O)OC(C)(C)C)C(C)C. The van der Waals surface area contributed by atoms with Gasteiger partial charge in [0.15, 0.2) is 0 Å². The monoisotopic (exact) mass is 415 g/mol. The summed E-state index contributed by atoms with van der Waals surface area (Å²) in [6.07, 6.45) is 6.88. The number of thioether (sulfide) groups is 1. The summed E-state index contributed by atoms with van der Waals surface area (Å²) in [5.41, 5.74) is -0.529. The number of aliphatic hydroxyl groups is 1. The van der Waals surface area contributed by atoms with Gasteiger partial charge < -0.3 is 15.2 Å². The zero-order valence-electron chi connectivity index (χ0n) is 19.3. The van der Waals surface area contributed by atoms with Gasteiger partial charge in [-0.05, 0) is 62.4 Å². The first kappa shape index (κ1) is 25.6. The lowest BCUT2D eigenvalue weighted by Crippen LogP contribution is -2.47. The first-order valence-electron chi connectivity index (χ1n) is 11.3. The summed E-state index contributed by atoms with van der Waals surface area (Å²) in [5.74, 6) is 2.59. The molecule has 0 spiro atoms. The molecule has 2 N–H and O–H groups in total. The fourth-order valence-electron chi connectivity index (χ4n) is 3.88. The van der Waals surface area contributed by atoms with Gasteiger partial charge in [-0.2, -0.15) is 11.8 Å². The number of rotatable bonds is 10. The molecule has 0 saturated heterocycles. The Kier molecular flexibility index (Phi) is 11.3. The molecule has 1 amide bonds. The maximum atomic E-state index is 12.4. The van der Waals surface area contributed by atoms with Crippen molar-refractivity contribution in [3.05, 3.63) is 0 Å². The highest BCUT2D eigenvalue weighted by Gasteiger charge is 2.30. The van der Waals surface area contributed by atoms with Gasteiger partial charge >= 0.3 is 6.09 Å². The van der Waals surface area contributed by atoms with Crippen LogP contribution in [0.1, 0.15) is 93.4 Å². The first-order chi connectivity index (χ1) is 13.0. The Hall–Kier alpha value is -0.420. The van der Waals surface area contributed by atoms with Crippen molar-refractivity contribution in [3.63, 3.8) is 0 Å². The predicted octanol–water partition coefficient (Wildman–Crippen LogP) is 6.01. The molecule has 0 bridgehead atoms. The van der Waals surface area contributed by atoms with Crippen molar-refractivity contribution in [2.75, 3.05) is 5.75 Å². The van der Waals surface area contributed by atoms with Crippen molar-refractivity contribution < 1.29 is 14.6 Å². The Labute approximate surface area is 178 Å². The van der Waals surface area contributed by atoms with E-state index in [0.29, 0.717) is 23.0 Å². The van der Waals surface area contributed by atoms with Gasteiger partial charge in [0.1, 0.15) is 5.60 Å². The number of carbonyl (C=O) groups is 1. The van der Waals surface area contributed by atoms with E-state index < -0.39 is 17.8 Å². The Morgan fingerprint density at radius 2 is 1.75 bits per heavy atom. The standard InChI is InChI=1S/C23H45NO3S/c1-16(2)19(15-28-17(3)4)14-21(25)20(13-18-11-9-8-10-12-18)24-22(26)27-23(5,6)7/h16-21,25H,8-15H2,1-7H3,(H,24,26)/t19-,20+,21+/m1/s1. The average Bonchev–Trinajstić information content (AvgIpc) is 2.56. The van der Waals surface area contributed by atoms with Crippen molar-refractivity contribution >= 4 is 17.9 Å². The van der Waals surface area contributed by atoms with Crippen molar-refractivity contribution in [2.24, 2.45) is 17.8 Å². The topological polar surface area (TPSA) is 58.6 Å². The van der Waals surface area contributed by atoms with Gasteiger partial charge in [0.2, 0.25) is 0 Å². The van der Waals surface area contributed by atoms with Crippen LogP contribution in [0, 0.1) is 17.8 Å². The minimum atomic E-state index is -0.533. The molecule has 0 heterocycles. The highest BCUT2D eigenvalue weighted by atomic mass is 32.2. The largest absolute Gasteiger partial charge is 0.444 e. The van der Waals surface area contributed by atoms with E-state index in [2.05, 4.69) is 33.0 Å². The fraction of sp³-hybridized carbons (Fsp3) is 0.957. The molecule has 1 fully saturated rings. The van der Waals surface area contributed by atoms with Gasteiger partial charge in [0, 0.05) is 0 Å². The molecule has 1 aliphatic carbocycles. The van der Waals surface area contributed by atoms with Crippen LogP contribution < -0.4 is 5.32 Å². The lowest BCUT2D eigenvalue weighted by atomic mass is 9.81. The second kappa shape index (κ2) is 12.3. The molecule has 1 saturated carbocycles. The van der Waals surface area contributed by atoms with Crippen LogP contribution in [-0.2, 0) is 4.74 Å². The second-order valence-electron chi connectivity index (χ2n) is 10.2. The van der Waals surface area contributed by atoms with E-state index in [4.69, 9.17) is 4.74 Å². The minimum Gasteiger partial charge on any atom is -0.444 e. The number of alkyl carbamates (subject to hydrolysis) is 1. The summed E-state index contributed by atoms with van der Waals surface area (Å²) < 4.78 is 5.47. The van der Waals surface area contributed by atoms with Crippen molar-refractivity contribution in [2.45, 2.75) is 116 Å². The molecular weight excluding hydrogens is 370 g/mol. The molecule has 166 valence electrons. The van der Waals surface area contributed by atoms with E-state index in [1.165, 1.54) is 32.1 Å². The van der Waals surface area contributed by atoms with E-state index >= 15 is 0 Å². The predicted molar refractivity (Wildman–Crippen MR) is 121 cm³/mol. The summed E-state index contributed by atoms with van der Waals surface area (Å²) in [6, 6.07) is -0.233. The summed E-state index contributed by atoms with van der Waals surface area (Å²) in [6.45, 7) is 14.5. The smallest absolute Gasteiger partial charge is 0.407 e. The zero-order valence-corrected chi connectivity index (χ0v) is 20.1. The molecular formula is C23H45NO3S. The summed E-state index contributed by atoms with van der Waals surface area (Å²) >= 11 is 1.96. The van der Waals surface area contributed by atoms with E-state index in [1.807, 2.05) is 32.5 Å². The van der Waals surface area contributed by atoms with Gasteiger partial charge in [-0.25, -0.2) is 4.79 Å². The Balaban J connectivity index is 2.77. The van der Waals surface area contributed by atoms with Crippen LogP contribution in [0.5, 0.6) is 0 Å². The quantitative estimate of drug-likeness (QED) is 0.458. The average molecular weight is 416 g/mol. The molecule has 0 unspecified atom stereocenters. The molecule has 0 aromatic rings. The van der Waals surface area contributed by atoms with Crippen molar-refractivity contribution in [3.8, 4) is 0 Å². The first-order valence-corrected chi connectivity index (χ1v) is 12.3. The number of amides is 1. The number of hydrogen-bond acceptors (Lipinski definition) is 4. The number of aliphatic hydroxyl groups excluding tert-OH is 1. The Morgan fingerprint density at radius 3 is 2.25 bits per heavy atom. The lowest BCUT2D eigenvalue weighted by molar-refractivity contribution is 0.0347. The van der Waals surface area contributed by atoms with Gasteiger partial charge in [0.25, 0.3) is 0 Å². The molecule has 3 atom stereocenters. The van der Waals surface area contributed by atoms with E-state index in [-0.39, 0.29) is 6.04 Å². The van der Waals surface area contributed by atoms with Crippen LogP contribution in [0.15, 0.2) is 0 Å². The number of carbonyl (C=O) groups excluding carboxylic acids is 1. The molecule has 1 rings (SSSR count). The highest BCUT2D eigenvalue weighted by Crippen LogP contribution is 2.31. The van der Waals surface area contributed by atoms with Crippen molar-refractivity contribution in [1.82, 2.24) is 5.32 Å². The summed E-state index contributed by atoms with van der Waals surface area (Å²) in [7, 11) is 0. The molecule has 28 heavy (non-hydrogen) atoms. The Bertz CT molecular complexity index is 442. The van der Waals surface area contributed by atoms with Crippen LogP contribution in [0.4, 0.5) is 4.79 Å². The van der Waals surface area contributed by atoms with E-state index in [0.717, 1.165) is 18.6 Å². The van der Waals surface area contributed by atoms with E-state index in [1.54, 1.807) is 0 Å². The molecule has 0 radical (unpaired) electrons. The molecule has 5 heteroatoms. The third-order valence-electron chi connectivity index (χ3n) is 5.61. The van der Waals surface area contributed by atoms with Crippen LogP contribution >= 0.6 is 11.8 Å². The fourth-order valence-corrected chi connectivity index (χ4v) is 5.03. The van der Waals surface area contributed by atoms with Crippen LogP contribution in [0.25, 0.3) is 0 Å². The normalized spacial score (nSPS) is 19.5. The van der Waals surface area contributed by atoms with E-state index in [9.17, 15) is 9.90 Å². The van der Waals surface area contributed by atoms with Crippen LogP contribution in [-0.4, -0.2) is 39.9 Å². The minimum absolute atomic E-state index is 0.233. The van der Waals surface area contributed by atoms with Gasteiger partial charge in [-0.1, -0.05) is 59.8 Å². The molecule has 0 aliphatic heterocycles. The lowest BCUT2D eigenvalue weighted by Gasteiger charge is -2.33. The highest BCUT2D eigenvalue weighted by molar-refractivity contribution is 7.99. The van der Waals surface area contributed by atoms with Crippen molar-refractivity contribution in [1.29, 1.82) is 0 Å². The van der Waals surface area contributed by atoms with Gasteiger partial charge in [-0.15, -0.1) is 0 Å². The zero-order chi connectivity index (χ0) is 21.3. The molecule has 1 aliphatic rings. The molecule has 4 nitrogen and oxygen atoms in total. The number of ether oxygens (including phenoxy) is 1. The summed E-state index contributed by atoms with van der Waals surface area (Å²) in [4.78, 5) is 12.4. The third kappa shape index (κ3) is 10.9. The van der Waals surface area contributed by atoms with Gasteiger partial charge in [0.05, 0.1) is 12.1 Å². The van der Waals surface area contributed by atoms with Crippen LogP contribution in [0.2, 0.25) is 0 Å².